The van der Waals surface area contributed by atoms with Crippen LogP contribution in [0, 0.1) is 11.8 Å². The first-order chi connectivity index (χ1) is 51.9. The van der Waals surface area contributed by atoms with Gasteiger partial charge in [0.2, 0.25) is 0 Å². The Kier molecular flexibility index (Phi) is 77.9. The van der Waals surface area contributed by atoms with Crippen molar-refractivity contribution in [2.45, 2.75) is 490 Å². The van der Waals surface area contributed by atoms with Gasteiger partial charge in [0.15, 0.2) is 12.2 Å². The lowest BCUT2D eigenvalue weighted by Crippen LogP contribution is -2.30. The molecule has 2 unspecified atom stereocenters. The topological polar surface area (TPSA) is 237 Å². The average Bonchev–Trinajstić information content (AvgIpc) is 0.905. The summed E-state index contributed by atoms with van der Waals surface area (Å²) in [5.74, 6) is -0.580. The van der Waals surface area contributed by atoms with Crippen molar-refractivity contribution in [3.05, 3.63) is 0 Å². The Morgan fingerprint density at radius 1 is 0.252 bits per heavy atom. The van der Waals surface area contributed by atoms with Crippen LogP contribution in [0.2, 0.25) is 0 Å². The predicted molar refractivity (Wildman–Crippen MR) is 442 cm³/mol. The van der Waals surface area contributed by atoms with Crippen molar-refractivity contribution < 1.29 is 80.2 Å². The van der Waals surface area contributed by atoms with E-state index in [0.717, 1.165) is 102 Å². The normalized spacial score (nSPS) is 13.8. The van der Waals surface area contributed by atoms with Crippen molar-refractivity contribution in [3.63, 3.8) is 0 Å². The quantitative estimate of drug-likeness (QED) is 0.0222. The van der Waals surface area contributed by atoms with Gasteiger partial charge in [-0.25, -0.2) is 9.13 Å². The van der Waals surface area contributed by atoms with E-state index in [4.69, 9.17) is 37.0 Å². The average molecular weight is 1560 g/mol. The molecule has 17 nitrogen and oxygen atoms in total. The van der Waals surface area contributed by atoms with Gasteiger partial charge in [0, 0.05) is 25.7 Å². The Morgan fingerprint density at radius 2 is 0.430 bits per heavy atom. The highest BCUT2D eigenvalue weighted by atomic mass is 31.2. The second-order valence-corrected chi connectivity index (χ2v) is 35.5. The van der Waals surface area contributed by atoms with Crippen molar-refractivity contribution in [2.24, 2.45) is 11.8 Å². The molecule has 0 aromatic rings. The Bertz CT molecular complexity index is 2050. The van der Waals surface area contributed by atoms with Crippen LogP contribution in [0.5, 0.6) is 0 Å². The zero-order valence-corrected chi connectivity index (χ0v) is 72.2. The number of phosphoric ester groups is 2. The van der Waals surface area contributed by atoms with Gasteiger partial charge in [-0.1, -0.05) is 420 Å². The molecular weight excluding hydrogens is 1390 g/mol. The van der Waals surface area contributed by atoms with Gasteiger partial charge in [-0.2, -0.15) is 0 Å². The fourth-order valence-corrected chi connectivity index (χ4v) is 15.4. The monoisotopic (exact) mass is 1560 g/mol. The van der Waals surface area contributed by atoms with E-state index in [1.54, 1.807) is 0 Å². The molecule has 0 aromatic carbocycles. The number of hydrogen-bond acceptors (Lipinski definition) is 15. The number of aliphatic hydroxyl groups is 1. The van der Waals surface area contributed by atoms with Crippen LogP contribution in [0.25, 0.3) is 0 Å². The molecule has 0 saturated carbocycles. The maximum absolute atomic E-state index is 13.2. The Hall–Kier alpha value is -1.94. The van der Waals surface area contributed by atoms with Crippen LogP contribution in [0.1, 0.15) is 472 Å². The fourth-order valence-electron chi connectivity index (χ4n) is 13.8. The molecule has 636 valence electrons. The molecular formula is C88H172O17P2. The van der Waals surface area contributed by atoms with Crippen molar-refractivity contribution >= 4 is 39.5 Å². The third-order valence-electron chi connectivity index (χ3n) is 20.7. The van der Waals surface area contributed by atoms with E-state index in [1.165, 1.54) is 289 Å². The number of carbonyl (C=O) groups excluding carboxylic acids is 4. The van der Waals surface area contributed by atoms with Crippen LogP contribution in [0.3, 0.4) is 0 Å². The van der Waals surface area contributed by atoms with Gasteiger partial charge in [-0.15, -0.1) is 0 Å². The molecule has 0 spiro atoms. The molecule has 0 aliphatic rings. The highest BCUT2D eigenvalue weighted by molar-refractivity contribution is 7.47. The largest absolute Gasteiger partial charge is 0.472 e. The van der Waals surface area contributed by atoms with Gasteiger partial charge in [0.1, 0.15) is 19.3 Å². The van der Waals surface area contributed by atoms with E-state index in [-0.39, 0.29) is 25.7 Å². The molecule has 0 fully saturated rings. The summed E-state index contributed by atoms with van der Waals surface area (Å²) >= 11 is 0. The summed E-state index contributed by atoms with van der Waals surface area (Å²) in [7, 11) is -9.93. The standard InChI is InChI=1S/C88H172O17P2/c1-7-9-11-13-15-17-19-21-23-25-27-28-30-32-34-36-41-47-54-60-66-72-87(92)104-83(76-98-85(90)70-64-58-52-46-40-35-33-31-29-26-24-22-20-18-16-14-12-10-8-2)78-102-106(94,95)100-74-82(89)75-101-107(96,97)103-79-84(77-99-86(91)71-65-59-53-49-43-45-51-57-63-69-81(5)6)105-88(93)73-67-61-55-48-42-38-37-39-44-50-56-62-68-80(3)4/h80-84,89H,7-79H2,1-6H3,(H,94,95)(H,96,97)/t82-,83-,84-/m1/s1. The minimum absolute atomic E-state index is 0.107. The first-order valence-electron chi connectivity index (χ1n) is 45.5. The molecule has 0 rings (SSSR count). The molecule has 3 N–H and O–H groups in total. The van der Waals surface area contributed by atoms with Crippen LogP contribution in [0.4, 0.5) is 0 Å². The van der Waals surface area contributed by atoms with E-state index in [2.05, 4.69) is 41.5 Å². The highest BCUT2D eigenvalue weighted by Crippen LogP contribution is 2.45. The lowest BCUT2D eigenvalue weighted by molar-refractivity contribution is -0.161. The maximum atomic E-state index is 13.2. The van der Waals surface area contributed by atoms with Crippen LogP contribution in [-0.2, 0) is 65.4 Å². The van der Waals surface area contributed by atoms with Crippen LogP contribution < -0.4 is 0 Å². The number of phosphoric acid groups is 2. The van der Waals surface area contributed by atoms with Crippen LogP contribution in [0.15, 0.2) is 0 Å². The SMILES string of the molecule is CCCCCCCCCCCCCCCCCCCCCCCC(=O)O[C@H](COC(=O)CCCCCCCCCCCCCCCCCCCCC)COP(=O)(O)OC[C@@H](O)COP(=O)(O)OC[C@@H](COC(=O)CCCCCCCCCCCC(C)C)OC(=O)CCCCCCCCCCCCCCC(C)C. The van der Waals surface area contributed by atoms with Gasteiger partial charge >= 0.3 is 39.5 Å². The van der Waals surface area contributed by atoms with E-state index in [9.17, 15) is 43.2 Å². The number of rotatable bonds is 87. The third kappa shape index (κ3) is 81.9. The van der Waals surface area contributed by atoms with E-state index in [1.807, 2.05) is 0 Å². The van der Waals surface area contributed by atoms with Gasteiger partial charge in [0.05, 0.1) is 26.4 Å². The molecule has 0 aromatic heterocycles. The van der Waals surface area contributed by atoms with E-state index in [0.29, 0.717) is 25.7 Å². The third-order valence-corrected chi connectivity index (χ3v) is 22.6. The number of ether oxygens (including phenoxy) is 4. The summed E-state index contributed by atoms with van der Waals surface area (Å²) in [6.45, 7) is 9.67. The Balaban J connectivity index is 5.24. The summed E-state index contributed by atoms with van der Waals surface area (Å²) in [5.41, 5.74) is 0. The van der Waals surface area contributed by atoms with Crippen molar-refractivity contribution in [1.82, 2.24) is 0 Å². The fraction of sp³-hybridized carbons (Fsp3) is 0.955. The van der Waals surface area contributed by atoms with Crippen LogP contribution >= 0.6 is 15.6 Å². The number of unbranched alkanes of at least 4 members (excludes halogenated alkanes) is 57. The minimum atomic E-state index is -4.97. The van der Waals surface area contributed by atoms with E-state index >= 15 is 0 Å². The van der Waals surface area contributed by atoms with Gasteiger partial charge in [-0.05, 0) is 37.5 Å². The van der Waals surface area contributed by atoms with Crippen molar-refractivity contribution in [2.75, 3.05) is 39.6 Å². The van der Waals surface area contributed by atoms with Gasteiger partial charge in [-0.3, -0.25) is 37.3 Å². The highest BCUT2D eigenvalue weighted by Gasteiger charge is 2.30. The second-order valence-electron chi connectivity index (χ2n) is 32.6. The van der Waals surface area contributed by atoms with Crippen molar-refractivity contribution in [1.29, 1.82) is 0 Å². The molecule has 107 heavy (non-hydrogen) atoms. The molecule has 0 heterocycles. The summed E-state index contributed by atoms with van der Waals surface area (Å²) in [6, 6.07) is 0. The zero-order valence-electron chi connectivity index (χ0n) is 70.5. The smallest absolute Gasteiger partial charge is 0.462 e. The minimum Gasteiger partial charge on any atom is -0.462 e. The molecule has 0 aliphatic carbocycles. The maximum Gasteiger partial charge on any atom is 0.472 e. The molecule has 0 radical (unpaired) electrons. The molecule has 0 amide bonds. The molecule has 0 aliphatic heterocycles. The van der Waals surface area contributed by atoms with Gasteiger partial charge < -0.3 is 33.8 Å². The zero-order chi connectivity index (χ0) is 78.5. The summed E-state index contributed by atoms with van der Waals surface area (Å²) in [6.07, 6.45) is 72.3. The number of hydrogen-bond donors (Lipinski definition) is 3. The summed E-state index contributed by atoms with van der Waals surface area (Å²) in [4.78, 5) is 73.3. The molecule has 19 heteroatoms. The summed E-state index contributed by atoms with van der Waals surface area (Å²) < 4.78 is 69.0. The number of aliphatic hydroxyl groups excluding tert-OH is 1. The first kappa shape index (κ1) is 105. The van der Waals surface area contributed by atoms with Gasteiger partial charge in [0.25, 0.3) is 0 Å². The lowest BCUT2D eigenvalue weighted by Gasteiger charge is -2.21. The van der Waals surface area contributed by atoms with Crippen LogP contribution in [-0.4, -0.2) is 96.7 Å². The Labute approximate surface area is 658 Å². The Morgan fingerprint density at radius 3 is 0.636 bits per heavy atom. The molecule has 0 bridgehead atoms. The number of esters is 4. The van der Waals surface area contributed by atoms with E-state index < -0.39 is 97.5 Å². The molecule has 5 atom stereocenters. The first-order valence-corrected chi connectivity index (χ1v) is 48.5. The summed E-state index contributed by atoms with van der Waals surface area (Å²) in [5, 5.41) is 10.7. The second kappa shape index (κ2) is 79.3. The molecule has 0 saturated heterocycles. The number of carbonyl (C=O) groups is 4. The van der Waals surface area contributed by atoms with Crippen molar-refractivity contribution in [3.8, 4) is 0 Å². The predicted octanol–water partition coefficient (Wildman–Crippen LogP) is 27.0. The lowest BCUT2D eigenvalue weighted by atomic mass is 10.0.